The second-order valence-corrected chi connectivity index (χ2v) is 5.41. The Hall–Kier alpha value is -1.88. The number of likely N-dealkylation sites (N-methyl/N-ethyl adjacent to an activating group) is 1. The van der Waals surface area contributed by atoms with E-state index in [-0.39, 0.29) is 12.5 Å². The molecule has 0 fully saturated rings. The number of nitrogens with two attached hydrogens (primary N) is 1. The van der Waals surface area contributed by atoms with Gasteiger partial charge in [0.15, 0.2) is 6.54 Å². The molecule has 5 heteroatoms. The van der Waals surface area contributed by atoms with Gasteiger partial charge in [-0.25, -0.2) is 0 Å². The lowest BCUT2D eigenvalue weighted by Crippen LogP contribution is -3.10. The summed E-state index contributed by atoms with van der Waals surface area (Å²) >= 11 is 0. The standard InChI is InChI=1S/C15H21N3O2/c1-18(10-15(20)17-9-14(16)19)13-8-4-6-11-5-2-3-7-12(11)13/h2-3,5,7,13H,4,6,8-10H2,1H3,(H2,16,19)(H,17,20)/p+1/t13-/m1/s1. The minimum absolute atomic E-state index is 0.0899. The summed E-state index contributed by atoms with van der Waals surface area (Å²) in [7, 11) is 2.02. The predicted molar refractivity (Wildman–Crippen MR) is 76.1 cm³/mol. The quantitative estimate of drug-likeness (QED) is 0.657. The largest absolute Gasteiger partial charge is 0.368 e. The molecule has 1 aromatic rings. The third-order valence-corrected chi connectivity index (χ3v) is 3.86. The fourth-order valence-corrected chi connectivity index (χ4v) is 2.89. The van der Waals surface area contributed by atoms with Crippen LogP contribution in [-0.2, 0) is 16.0 Å². The number of primary amides is 1. The van der Waals surface area contributed by atoms with Crippen LogP contribution in [-0.4, -0.2) is 32.0 Å². The minimum Gasteiger partial charge on any atom is -0.368 e. The average Bonchev–Trinajstić information content (AvgIpc) is 2.44. The number of quaternary nitrogens is 1. The summed E-state index contributed by atoms with van der Waals surface area (Å²) in [5, 5.41) is 2.54. The SMILES string of the molecule is C[NH+](CC(=O)NCC(N)=O)[C@@H]1CCCc2ccccc21. The number of benzene rings is 1. The molecule has 0 saturated heterocycles. The van der Waals surface area contributed by atoms with Crippen LogP contribution in [0.3, 0.4) is 0 Å². The third kappa shape index (κ3) is 3.57. The monoisotopic (exact) mass is 276 g/mol. The van der Waals surface area contributed by atoms with Gasteiger partial charge >= 0.3 is 0 Å². The highest BCUT2D eigenvalue weighted by Crippen LogP contribution is 2.27. The van der Waals surface area contributed by atoms with Gasteiger partial charge in [-0.05, 0) is 18.4 Å². The molecule has 2 atom stereocenters. The molecule has 108 valence electrons. The van der Waals surface area contributed by atoms with Gasteiger partial charge in [0.2, 0.25) is 5.91 Å². The predicted octanol–water partition coefficient (Wildman–Crippen LogP) is -0.820. The van der Waals surface area contributed by atoms with Gasteiger partial charge in [0.25, 0.3) is 5.91 Å². The van der Waals surface area contributed by atoms with E-state index in [0.29, 0.717) is 12.6 Å². The van der Waals surface area contributed by atoms with Gasteiger partial charge in [-0.2, -0.15) is 0 Å². The van der Waals surface area contributed by atoms with E-state index in [1.807, 2.05) is 7.05 Å². The fraction of sp³-hybridized carbons (Fsp3) is 0.467. The summed E-state index contributed by atoms with van der Waals surface area (Å²) in [5.74, 6) is -0.650. The zero-order valence-corrected chi connectivity index (χ0v) is 11.8. The van der Waals surface area contributed by atoms with Crippen molar-refractivity contribution >= 4 is 11.8 Å². The molecule has 0 aromatic heterocycles. The number of fused-ring (bicyclic) bond motifs is 1. The lowest BCUT2D eigenvalue weighted by atomic mass is 9.87. The highest BCUT2D eigenvalue weighted by molar-refractivity contribution is 5.84. The Bertz CT molecular complexity index is 502. The lowest BCUT2D eigenvalue weighted by Gasteiger charge is -2.30. The number of aryl methyl sites for hydroxylation is 1. The van der Waals surface area contributed by atoms with Crippen molar-refractivity contribution in [2.24, 2.45) is 5.73 Å². The summed E-state index contributed by atoms with van der Waals surface area (Å²) in [4.78, 5) is 23.6. The molecule has 4 N–H and O–H groups in total. The fourth-order valence-electron chi connectivity index (χ4n) is 2.89. The van der Waals surface area contributed by atoms with Crippen molar-refractivity contribution < 1.29 is 14.5 Å². The Morgan fingerprint density at radius 3 is 2.90 bits per heavy atom. The van der Waals surface area contributed by atoms with Crippen molar-refractivity contribution in [3.8, 4) is 0 Å². The summed E-state index contributed by atoms with van der Waals surface area (Å²) in [6.07, 6.45) is 3.36. The summed E-state index contributed by atoms with van der Waals surface area (Å²) in [6, 6.07) is 8.79. The van der Waals surface area contributed by atoms with Crippen LogP contribution in [0.4, 0.5) is 0 Å². The second-order valence-electron chi connectivity index (χ2n) is 5.41. The van der Waals surface area contributed by atoms with Crippen molar-refractivity contribution in [3.05, 3.63) is 35.4 Å². The van der Waals surface area contributed by atoms with Crippen molar-refractivity contribution in [1.82, 2.24) is 5.32 Å². The van der Waals surface area contributed by atoms with Gasteiger partial charge < -0.3 is 16.0 Å². The first-order valence-electron chi connectivity index (χ1n) is 7.03. The molecular weight excluding hydrogens is 254 g/mol. The summed E-state index contributed by atoms with van der Waals surface area (Å²) in [6.45, 7) is 0.264. The van der Waals surface area contributed by atoms with Crippen LogP contribution in [0, 0.1) is 0 Å². The van der Waals surface area contributed by atoms with Crippen LogP contribution in [0.1, 0.15) is 30.0 Å². The Morgan fingerprint density at radius 1 is 1.40 bits per heavy atom. The zero-order valence-electron chi connectivity index (χ0n) is 11.8. The number of rotatable bonds is 5. The molecule has 20 heavy (non-hydrogen) atoms. The molecule has 0 aliphatic heterocycles. The maximum atomic E-state index is 11.8. The Morgan fingerprint density at radius 2 is 2.15 bits per heavy atom. The van der Waals surface area contributed by atoms with E-state index in [0.717, 1.165) is 24.2 Å². The van der Waals surface area contributed by atoms with Crippen molar-refractivity contribution in [2.75, 3.05) is 20.1 Å². The molecular formula is C15H22N3O2+. The zero-order chi connectivity index (χ0) is 14.5. The number of carbonyl (C=O) groups is 2. The van der Waals surface area contributed by atoms with Gasteiger partial charge in [0, 0.05) is 12.0 Å². The van der Waals surface area contributed by atoms with E-state index >= 15 is 0 Å². The van der Waals surface area contributed by atoms with Crippen LogP contribution in [0.5, 0.6) is 0 Å². The number of hydrogen-bond donors (Lipinski definition) is 3. The van der Waals surface area contributed by atoms with Gasteiger partial charge in [-0.15, -0.1) is 0 Å². The van der Waals surface area contributed by atoms with E-state index < -0.39 is 5.91 Å². The molecule has 1 aliphatic carbocycles. The molecule has 2 amide bonds. The highest BCUT2D eigenvalue weighted by Gasteiger charge is 2.27. The average molecular weight is 276 g/mol. The Labute approximate surface area is 119 Å². The number of carbonyl (C=O) groups excluding carboxylic acids is 2. The van der Waals surface area contributed by atoms with Gasteiger partial charge in [-0.3, -0.25) is 9.59 Å². The van der Waals surface area contributed by atoms with Crippen molar-refractivity contribution in [3.63, 3.8) is 0 Å². The lowest BCUT2D eigenvalue weighted by molar-refractivity contribution is -0.905. The van der Waals surface area contributed by atoms with Gasteiger partial charge in [-0.1, -0.05) is 24.3 Å². The molecule has 1 aromatic carbocycles. The van der Waals surface area contributed by atoms with Crippen LogP contribution in [0.25, 0.3) is 0 Å². The van der Waals surface area contributed by atoms with Crippen LogP contribution in [0.2, 0.25) is 0 Å². The van der Waals surface area contributed by atoms with Gasteiger partial charge in [0.05, 0.1) is 13.6 Å². The van der Waals surface area contributed by atoms with E-state index in [2.05, 4.69) is 29.6 Å². The first-order valence-corrected chi connectivity index (χ1v) is 7.03. The summed E-state index contributed by atoms with van der Waals surface area (Å²) < 4.78 is 0. The molecule has 1 aliphatic rings. The third-order valence-electron chi connectivity index (χ3n) is 3.86. The van der Waals surface area contributed by atoms with Crippen molar-refractivity contribution in [2.45, 2.75) is 25.3 Å². The second kappa shape index (κ2) is 6.52. The maximum absolute atomic E-state index is 11.8. The Kier molecular flexibility index (Phi) is 4.74. The molecule has 2 rings (SSSR count). The van der Waals surface area contributed by atoms with Crippen LogP contribution < -0.4 is 16.0 Å². The molecule has 5 nitrogen and oxygen atoms in total. The number of amides is 2. The number of hydrogen-bond acceptors (Lipinski definition) is 2. The molecule has 0 heterocycles. The maximum Gasteiger partial charge on any atom is 0.275 e. The van der Waals surface area contributed by atoms with E-state index in [1.54, 1.807) is 0 Å². The molecule has 0 radical (unpaired) electrons. The first kappa shape index (κ1) is 14.5. The smallest absolute Gasteiger partial charge is 0.275 e. The topological polar surface area (TPSA) is 76.6 Å². The van der Waals surface area contributed by atoms with Gasteiger partial charge in [0.1, 0.15) is 6.04 Å². The summed E-state index contributed by atoms with van der Waals surface area (Å²) in [5.41, 5.74) is 7.75. The van der Waals surface area contributed by atoms with E-state index in [4.69, 9.17) is 5.73 Å². The molecule has 0 spiro atoms. The minimum atomic E-state index is -0.515. The normalized spacial score (nSPS) is 18.9. The van der Waals surface area contributed by atoms with E-state index in [9.17, 15) is 9.59 Å². The molecule has 0 saturated carbocycles. The molecule has 1 unspecified atom stereocenters. The first-order chi connectivity index (χ1) is 9.58. The van der Waals surface area contributed by atoms with Crippen LogP contribution >= 0.6 is 0 Å². The highest BCUT2D eigenvalue weighted by atomic mass is 16.2. The van der Waals surface area contributed by atoms with Crippen LogP contribution in [0.15, 0.2) is 24.3 Å². The van der Waals surface area contributed by atoms with Crippen molar-refractivity contribution in [1.29, 1.82) is 0 Å². The van der Waals surface area contributed by atoms with E-state index in [1.165, 1.54) is 11.1 Å². The molecule has 0 bridgehead atoms. The Balaban J connectivity index is 1.98. The number of nitrogens with one attached hydrogen (secondary N) is 2.